The highest BCUT2D eigenvalue weighted by Gasteiger charge is 2.13. The van der Waals surface area contributed by atoms with Gasteiger partial charge in [-0.25, -0.2) is 4.98 Å². The van der Waals surface area contributed by atoms with Gasteiger partial charge in [0.2, 0.25) is 0 Å². The number of allylic oxidation sites excluding steroid dienone is 1. The molecule has 0 aliphatic carbocycles. The lowest BCUT2D eigenvalue weighted by molar-refractivity contribution is 0.306. The fraction of sp³-hybridized carbons (Fsp3) is 0.0833. The number of fused-ring (bicyclic) bond motifs is 1. The molecule has 0 aliphatic rings. The Kier molecular flexibility index (Phi) is 6.89. The summed E-state index contributed by atoms with van der Waals surface area (Å²) in [5, 5.41) is 10.4. The van der Waals surface area contributed by atoms with Crippen LogP contribution in [0.25, 0.3) is 22.7 Å². The van der Waals surface area contributed by atoms with Crippen LogP contribution in [0.15, 0.2) is 54.6 Å². The van der Waals surface area contributed by atoms with Gasteiger partial charge in [-0.1, -0.05) is 35.3 Å². The van der Waals surface area contributed by atoms with Crippen molar-refractivity contribution in [2.45, 2.75) is 6.61 Å². The summed E-state index contributed by atoms with van der Waals surface area (Å²) >= 11 is 15.1. The van der Waals surface area contributed by atoms with Gasteiger partial charge in [0.15, 0.2) is 5.75 Å². The van der Waals surface area contributed by atoms with E-state index < -0.39 is 0 Å². The quantitative estimate of drug-likeness (QED) is 0.196. The molecule has 0 unspecified atom stereocenters. The number of H-pyrrole nitrogens is 1. The normalized spacial score (nSPS) is 11.4. The summed E-state index contributed by atoms with van der Waals surface area (Å²) in [5.74, 6) is 1.55. The van der Waals surface area contributed by atoms with E-state index in [4.69, 9.17) is 32.7 Å². The molecule has 0 atom stereocenters. The number of halogens is 3. The fourth-order valence-electron chi connectivity index (χ4n) is 3.10. The molecule has 32 heavy (non-hydrogen) atoms. The molecule has 5 nitrogen and oxygen atoms in total. The number of nitrogens with one attached hydrogen (secondary N) is 1. The molecule has 0 saturated heterocycles. The van der Waals surface area contributed by atoms with Crippen LogP contribution in [0.2, 0.25) is 10.0 Å². The van der Waals surface area contributed by atoms with Crippen LogP contribution < -0.4 is 9.47 Å². The maximum Gasteiger partial charge on any atom is 0.157 e. The van der Waals surface area contributed by atoms with Gasteiger partial charge in [0.25, 0.3) is 0 Å². The van der Waals surface area contributed by atoms with Crippen molar-refractivity contribution in [3.63, 3.8) is 0 Å². The van der Waals surface area contributed by atoms with Gasteiger partial charge in [-0.3, -0.25) is 0 Å². The molecule has 0 radical (unpaired) electrons. The monoisotopic (exact) mass is 575 g/mol. The molecular weight excluding hydrogens is 560 g/mol. The highest BCUT2D eigenvalue weighted by molar-refractivity contribution is 14.1. The lowest BCUT2D eigenvalue weighted by atomic mass is 10.1. The third kappa shape index (κ3) is 5.01. The van der Waals surface area contributed by atoms with Crippen molar-refractivity contribution >= 4 is 68.5 Å². The van der Waals surface area contributed by atoms with E-state index in [0.29, 0.717) is 45.1 Å². The number of imidazole rings is 1. The Balaban J connectivity index is 1.60. The number of methoxy groups -OCH3 is 1. The summed E-state index contributed by atoms with van der Waals surface area (Å²) < 4.78 is 12.2. The summed E-state index contributed by atoms with van der Waals surface area (Å²) in [6.45, 7) is 0.345. The highest BCUT2D eigenvalue weighted by Crippen LogP contribution is 2.36. The average molecular weight is 576 g/mol. The number of aromatic nitrogens is 2. The number of aromatic amines is 1. The predicted molar refractivity (Wildman–Crippen MR) is 136 cm³/mol. The second-order valence-electron chi connectivity index (χ2n) is 6.87. The lowest BCUT2D eigenvalue weighted by Gasteiger charge is -2.11. The third-order valence-electron chi connectivity index (χ3n) is 4.69. The third-order valence-corrected chi connectivity index (χ3v) is 5.97. The molecule has 0 saturated carbocycles. The molecule has 1 aromatic heterocycles. The SMILES string of the molecule is COc1ccc2nc(/C(C#N)=C\c3cc(Cl)c(OCc4ccc(I)cc4)c(Cl)c3)[nH]c2c1. The van der Waals surface area contributed by atoms with Gasteiger partial charge in [0.1, 0.15) is 24.3 Å². The minimum atomic E-state index is 0.345. The molecule has 1 N–H and O–H groups in total. The fourth-order valence-corrected chi connectivity index (χ4v) is 4.07. The van der Waals surface area contributed by atoms with Crippen LogP contribution in [0, 0.1) is 14.9 Å². The molecule has 3 aromatic carbocycles. The topological polar surface area (TPSA) is 70.9 Å². The van der Waals surface area contributed by atoms with Gasteiger partial charge < -0.3 is 14.5 Å². The molecule has 0 aliphatic heterocycles. The summed E-state index contributed by atoms with van der Waals surface area (Å²) in [5.41, 5.74) is 3.53. The zero-order valence-electron chi connectivity index (χ0n) is 16.8. The minimum absolute atomic E-state index is 0.345. The Morgan fingerprint density at radius 1 is 1.12 bits per heavy atom. The average Bonchev–Trinajstić information content (AvgIpc) is 3.21. The number of nitriles is 1. The minimum Gasteiger partial charge on any atom is -0.497 e. The summed E-state index contributed by atoms with van der Waals surface area (Å²) in [4.78, 5) is 7.65. The van der Waals surface area contributed by atoms with E-state index in [9.17, 15) is 5.26 Å². The number of benzene rings is 3. The lowest BCUT2D eigenvalue weighted by Crippen LogP contribution is -1.97. The Morgan fingerprint density at radius 3 is 2.50 bits per heavy atom. The zero-order chi connectivity index (χ0) is 22.7. The van der Waals surface area contributed by atoms with E-state index in [0.717, 1.165) is 20.2 Å². The molecule has 4 aromatic rings. The van der Waals surface area contributed by atoms with Gasteiger partial charge in [-0.05, 0) is 76.2 Å². The standard InChI is InChI=1S/C24H16Cl2IN3O2/c1-31-18-6-7-21-22(11-18)30-24(29-21)16(12-28)8-15-9-19(25)23(20(26)10-15)32-13-14-2-4-17(27)5-3-14/h2-11H,13H2,1H3,(H,29,30)/b16-8-. The number of ether oxygens (including phenoxy) is 2. The van der Waals surface area contributed by atoms with Gasteiger partial charge in [-0.2, -0.15) is 5.26 Å². The Labute approximate surface area is 208 Å². The van der Waals surface area contributed by atoms with Gasteiger partial charge in [-0.15, -0.1) is 0 Å². The summed E-state index contributed by atoms with van der Waals surface area (Å²) in [6, 6.07) is 19.1. The van der Waals surface area contributed by atoms with Gasteiger partial charge >= 0.3 is 0 Å². The Bertz CT molecular complexity index is 1340. The Hall–Kier alpha value is -2.73. The Morgan fingerprint density at radius 2 is 1.84 bits per heavy atom. The number of rotatable bonds is 6. The van der Waals surface area contributed by atoms with Crippen molar-refractivity contribution in [2.75, 3.05) is 7.11 Å². The first-order chi connectivity index (χ1) is 15.5. The molecular formula is C24H16Cl2IN3O2. The van der Waals surface area contributed by atoms with Crippen molar-refractivity contribution in [3.8, 4) is 17.6 Å². The number of hydrogen-bond donors (Lipinski definition) is 1. The van der Waals surface area contributed by atoms with Crippen LogP contribution in [0.3, 0.4) is 0 Å². The second kappa shape index (κ2) is 9.82. The zero-order valence-corrected chi connectivity index (χ0v) is 20.5. The van der Waals surface area contributed by atoms with E-state index in [2.05, 4.69) is 38.6 Å². The van der Waals surface area contributed by atoms with E-state index in [-0.39, 0.29) is 0 Å². The van der Waals surface area contributed by atoms with E-state index in [1.54, 1.807) is 25.3 Å². The summed E-state index contributed by atoms with van der Waals surface area (Å²) in [7, 11) is 1.60. The second-order valence-corrected chi connectivity index (χ2v) is 8.93. The molecule has 160 valence electrons. The molecule has 4 rings (SSSR count). The first-order valence-corrected chi connectivity index (χ1v) is 11.3. The maximum absolute atomic E-state index is 9.70. The van der Waals surface area contributed by atoms with Crippen molar-refractivity contribution in [3.05, 3.63) is 85.2 Å². The van der Waals surface area contributed by atoms with Crippen LogP contribution >= 0.6 is 45.8 Å². The molecule has 0 spiro atoms. The van der Waals surface area contributed by atoms with Crippen molar-refractivity contribution in [2.24, 2.45) is 0 Å². The van der Waals surface area contributed by atoms with Crippen molar-refractivity contribution < 1.29 is 9.47 Å². The van der Waals surface area contributed by atoms with Gasteiger partial charge in [0, 0.05) is 9.64 Å². The van der Waals surface area contributed by atoms with Crippen LogP contribution in [0.5, 0.6) is 11.5 Å². The first kappa shape index (κ1) is 22.5. The van der Waals surface area contributed by atoms with E-state index in [1.165, 1.54) is 0 Å². The molecule has 0 fully saturated rings. The first-order valence-electron chi connectivity index (χ1n) is 9.49. The molecule has 1 heterocycles. The highest BCUT2D eigenvalue weighted by atomic mass is 127. The number of hydrogen-bond acceptors (Lipinski definition) is 4. The van der Waals surface area contributed by atoms with Gasteiger partial charge in [0.05, 0.1) is 33.8 Å². The molecule has 0 bridgehead atoms. The number of nitrogens with zero attached hydrogens (tertiary/aromatic N) is 2. The largest absolute Gasteiger partial charge is 0.497 e. The van der Waals surface area contributed by atoms with Crippen LogP contribution in [-0.2, 0) is 6.61 Å². The van der Waals surface area contributed by atoms with E-state index >= 15 is 0 Å². The maximum atomic E-state index is 9.70. The van der Waals surface area contributed by atoms with Crippen LogP contribution in [-0.4, -0.2) is 17.1 Å². The summed E-state index contributed by atoms with van der Waals surface area (Å²) in [6.07, 6.45) is 1.68. The van der Waals surface area contributed by atoms with E-state index in [1.807, 2.05) is 42.5 Å². The van der Waals surface area contributed by atoms with Crippen molar-refractivity contribution in [1.82, 2.24) is 9.97 Å². The van der Waals surface area contributed by atoms with Crippen molar-refractivity contribution in [1.29, 1.82) is 5.26 Å². The molecule has 8 heteroatoms. The predicted octanol–water partition coefficient (Wildman–Crippen LogP) is 7.13. The van der Waals surface area contributed by atoms with Crippen LogP contribution in [0.1, 0.15) is 17.0 Å². The smallest absolute Gasteiger partial charge is 0.157 e. The molecule has 0 amide bonds. The van der Waals surface area contributed by atoms with Crippen LogP contribution in [0.4, 0.5) is 0 Å².